The van der Waals surface area contributed by atoms with Crippen LogP contribution in [0.3, 0.4) is 0 Å². The van der Waals surface area contributed by atoms with Crippen molar-refractivity contribution in [2.24, 2.45) is 5.73 Å². The minimum atomic E-state index is -0.275. The highest BCUT2D eigenvalue weighted by Gasteiger charge is 2.29. The van der Waals surface area contributed by atoms with Gasteiger partial charge in [-0.1, -0.05) is 6.92 Å². The maximum Gasteiger partial charge on any atom is 0.125 e. The van der Waals surface area contributed by atoms with E-state index < -0.39 is 0 Å². The number of aromatic nitrogens is 1. The van der Waals surface area contributed by atoms with Crippen LogP contribution in [0.5, 0.6) is 0 Å². The number of nitrogens with zero attached hydrogens (tertiary/aromatic N) is 1. The third-order valence-electron chi connectivity index (χ3n) is 2.82. The van der Waals surface area contributed by atoms with Crippen LogP contribution in [-0.2, 0) is 10.3 Å². The van der Waals surface area contributed by atoms with E-state index in [0.29, 0.717) is 0 Å². The second-order valence-electron chi connectivity index (χ2n) is 4.05. The second-order valence-corrected chi connectivity index (χ2v) is 5.08. The first kappa shape index (κ1) is 12.6. The number of thiazole rings is 1. The van der Waals surface area contributed by atoms with Crippen LogP contribution in [0.15, 0.2) is 0 Å². The lowest BCUT2D eigenvalue weighted by atomic mass is 10.1. The molecule has 0 spiro atoms. The van der Waals surface area contributed by atoms with E-state index in [1.807, 2.05) is 13.8 Å². The number of ether oxygens (including phenoxy) is 1. The fraction of sp³-hybridized carbons (Fsp3) is 0.727. The molecule has 2 unspecified atom stereocenters. The van der Waals surface area contributed by atoms with E-state index in [9.17, 15) is 0 Å². The molecule has 0 radical (unpaired) electrons. The Balaban J connectivity index is 3.11. The van der Waals surface area contributed by atoms with Crippen LogP contribution in [0.4, 0.5) is 0 Å². The molecule has 1 aromatic heterocycles. The number of aryl methyl sites for hydroxylation is 1. The highest BCUT2D eigenvalue weighted by atomic mass is 32.1. The topological polar surface area (TPSA) is 48.1 Å². The molecule has 1 aromatic rings. The lowest BCUT2D eigenvalue weighted by molar-refractivity contribution is -0.00163. The van der Waals surface area contributed by atoms with E-state index >= 15 is 0 Å². The van der Waals surface area contributed by atoms with Gasteiger partial charge in [0.2, 0.25) is 0 Å². The van der Waals surface area contributed by atoms with Gasteiger partial charge in [-0.05, 0) is 27.2 Å². The van der Waals surface area contributed by atoms with Gasteiger partial charge in [0.15, 0.2) is 0 Å². The van der Waals surface area contributed by atoms with Crippen LogP contribution in [0.25, 0.3) is 0 Å². The molecule has 0 aliphatic rings. The molecule has 1 rings (SSSR count). The van der Waals surface area contributed by atoms with E-state index in [1.165, 1.54) is 0 Å². The predicted molar refractivity (Wildman–Crippen MR) is 64.1 cm³/mol. The lowest BCUT2D eigenvalue weighted by Gasteiger charge is -2.23. The van der Waals surface area contributed by atoms with Gasteiger partial charge in [0.1, 0.15) is 10.6 Å². The van der Waals surface area contributed by atoms with Crippen molar-refractivity contribution in [2.75, 3.05) is 7.11 Å². The molecule has 0 saturated heterocycles. The largest absolute Gasteiger partial charge is 0.371 e. The van der Waals surface area contributed by atoms with Crippen LogP contribution in [0.1, 0.15) is 48.8 Å². The maximum absolute atomic E-state index is 5.88. The molecule has 0 aromatic carbocycles. The molecule has 1 heterocycles. The Labute approximate surface area is 95.7 Å². The van der Waals surface area contributed by atoms with E-state index in [0.717, 1.165) is 22.0 Å². The normalized spacial score (nSPS) is 17.5. The van der Waals surface area contributed by atoms with Crippen molar-refractivity contribution >= 4 is 11.3 Å². The summed E-state index contributed by atoms with van der Waals surface area (Å²) in [7, 11) is 1.73. The smallest absolute Gasteiger partial charge is 0.125 e. The molecule has 3 nitrogen and oxygen atoms in total. The summed E-state index contributed by atoms with van der Waals surface area (Å²) in [6.07, 6.45) is 0.912. The quantitative estimate of drug-likeness (QED) is 0.862. The van der Waals surface area contributed by atoms with Gasteiger partial charge in [-0.15, -0.1) is 11.3 Å². The summed E-state index contributed by atoms with van der Waals surface area (Å²) in [5.74, 6) is 0. The van der Waals surface area contributed by atoms with Crippen molar-refractivity contribution in [2.45, 2.75) is 45.8 Å². The van der Waals surface area contributed by atoms with Crippen LogP contribution in [-0.4, -0.2) is 12.1 Å². The summed E-state index contributed by atoms with van der Waals surface area (Å²) in [4.78, 5) is 5.71. The Morgan fingerprint density at radius 2 is 2.20 bits per heavy atom. The Hall–Kier alpha value is -0.450. The average molecular weight is 228 g/mol. The predicted octanol–water partition coefficient (Wildman–Crippen LogP) is 2.74. The Kier molecular flexibility index (Phi) is 3.87. The van der Waals surface area contributed by atoms with Crippen LogP contribution >= 0.6 is 11.3 Å². The molecule has 86 valence electrons. The van der Waals surface area contributed by atoms with Gasteiger partial charge in [0.05, 0.1) is 5.69 Å². The van der Waals surface area contributed by atoms with Crippen molar-refractivity contribution in [1.29, 1.82) is 0 Å². The van der Waals surface area contributed by atoms with E-state index in [4.69, 9.17) is 10.5 Å². The van der Waals surface area contributed by atoms with E-state index in [-0.39, 0.29) is 11.6 Å². The molecular formula is C11H20N2OS. The Morgan fingerprint density at radius 3 is 2.53 bits per heavy atom. The Morgan fingerprint density at radius 1 is 1.60 bits per heavy atom. The van der Waals surface area contributed by atoms with Gasteiger partial charge in [0, 0.05) is 18.0 Å². The third kappa shape index (κ3) is 2.38. The monoisotopic (exact) mass is 228 g/mol. The van der Waals surface area contributed by atoms with Crippen molar-refractivity contribution in [3.63, 3.8) is 0 Å². The number of hydrogen-bond acceptors (Lipinski definition) is 4. The molecule has 2 atom stereocenters. The molecule has 0 aliphatic carbocycles. The summed E-state index contributed by atoms with van der Waals surface area (Å²) in [5.41, 5.74) is 6.64. The molecular weight excluding hydrogens is 208 g/mol. The summed E-state index contributed by atoms with van der Waals surface area (Å²) in [5, 5.41) is 1.03. The summed E-state index contributed by atoms with van der Waals surface area (Å²) in [6, 6.07) is 0.0502. The molecule has 4 heteroatoms. The minimum absolute atomic E-state index is 0.0502. The van der Waals surface area contributed by atoms with Gasteiger partial charge in [-0.3, -0.25) is 0 Å². The maximum atomic E-state index is 5.88. The number of nitrogens with two attached hydrogens (primary N) is 1. The van der Waals surface area contributed by atoms with Gasteiger partial charge in [0.25, 0.3) is 0 Å². The number of rotatable bonds is 4. The van der Waals surface area contributed by atoms with Gasteiger partial charge < -0.3 is 10.5 Å². The molecule has 0 aliphatic heterocycles. The first-order chi connectivity index (χ1) is 6.94. The summed E-state index contributed by atoms with van der Waals surface area (Å²) in [6.45, 7) is 8.16. The fourth-order valence-corrected chi connectivity index (χ4v) is 2.65. The third-order valence-corrected chi connectivity index (χ3v) is 4.43. The van der Waals surface area contributed by atoms with Crippen molar-refractivity contribution < 1.29 is 4.74 Å². The second kappa shape index (κ2) is 4.60. The minimum Gasteiger partial charge on any atom is -0.371 e. The molecule has 15 heavy (non-hydrogen) atoms. The molecule has 0 bridgehead atoms. The molecule has 0 amide bonds. The zero-order chi connectivity index (χ0) is 11.6. The van der Waals surface area contributed by atoms with E-state index in [2.05, 4.69) is 18.8 Å². The van der Waals surface area contributed by atoms with Crippen LogP contribution < -0.4 is 5.73 Å². The number of methoxy groups -OCH3 is 1. The van der Waals surface area contributed by atoms with Gasteiger partial charge >= 0.3 is 0 Å². The first-order valence-corrected chi connectivity index (χ1v) is 6.04. The highest BCUT2D eigenvalue weighted by Crippen LogP contribution is 2.34. The first-order valence-electron chi connectivity index (χ1n) is 5.23. The highest BCUT2D eigenvalue weighted by molar-refractivity contribution is 7.12. The zero-order valence-corrected chi connectivity index (χ0v) is 10.9. The molecule has 0 fully saturated rings. The van der Waals surface area contributed by atoms with Crippen LogP contribution in [0.2, 0.25) is 0 Å². The molecule has 2 N–H and O–H groups in total. The van der Waals surface area contributed by atoms with Crippen LogP contribution in [0, 0.1) is 6.92 Å². The zero-order valence-electron chi connectivity index (χ0n) is 10.1. The summed E-state index contributed by atoms with van der Waals surface area (Å²) < 4.78 is 5.53. The standard InChI is InChI=1S/C11H20N2OS/c1-6-11(4,14-5)10-13-8(3)9(15-10)7(2)12/h7H,6,12H2,1-5H3. The lowest BCUT2D eigenvalue weighted by Crippen LogP contribution is -2.22. The van der Waals surface area contributed by atoms with Gasteiger partial charge in [-0.2, -0.15) is 0 Å². The van der Waals surface area contributed by atoms with Gasteiger partial charge in [-0.25, -0.2) is 4.98 Å². The SMILES string of the molecule is CCC(C)(OC)c1nc(C)c(C(C)N)s1. The molecule has 0 saturated carbocycles. The van der Waals surface area contributed by atoms with E-state index in [1.54, 1.807) is 18.4 Å². The number of hydrogen-bond donors (Lipinski definition) is 1. The fourth-order valence-electron chi connectivity index (χ4n) is 1.44. The Bertz CT molecular complexity index is 329. The van der Waals surface area contributed by atoms with Crippen molar-refractivity contribution in [3.8, 4) is 0 Å². The van der Waals surface area contributed by atoms with Crippen molar-refractivity contribution in [3.05, 3.63) is 15.6 Å². The average Bonchev–Trinajstić information content (AvgIpc) is 2.59. The van der Waals surface area contributed by atoms with Crippen molar-refractivity contribution in [1.82, 2.24) is 4.98 Å². The summed E-state index contributed by atoms with van der Waals surface area (Å²) >= 11 is 1.66.